The highest BCUT2D eigenvalue weighted by atomic mass is 16.2. The van der Waals surface area contributed by atoms with Crippen molar-refractivity contribution in [1.82, 2.24) is 15.1 Å². The second-order valence-corrected chi connectivity index (χ2v) is 6.68. The molecule has 122 valence electrons. The Morgan fingerprint density at radius 1 is 1.19 bits per heavy atom. The summed E-state index contributed by atoms with van der Waals surface area (Å²) in [6, 6.07) is 1.10. The molecule has 1 aliphatic carbocycles. The van der Waals surface area contributed by atoms with Crippen LogP contribution >= 0.6 is 0 Å². The number of urea groups is 1. The van der Waals surface area contributed by atoms with Crippen LogP contribution in [0.15, 0.2) is 0 Å². The standard InChI is InChI=1S/C16H32N4O/c1-19(15-6-3-2-4-7-15)11-5-10-18-14-8-12-20(13-9-14)16(17)21/h14-15,18H,2-13H2,1H3,(H2,17,21). The van der Waals surface area contributed by atoms with Crippen molar-refractivity contribution in [3.05, 3.63) is 0 Å². The van der Waals surface area contributed by atoms with Gasteiger partial charge in [-0.2, -0.15) is 0 Å². The van der Waals surface area contributed by atoms with E-state index in [1.807, 2.05) is 0 Å². The van der Waals surface area contributed by atoms with Gasteiger partial charge in [0.15, 0.2) is 0 Å². The van der Waals surface area contributed by atoms with Gasteiger partial charge in [0.05, 0.1) is 0 Å². The summed E-state index contributed by atoms with van der Waals surface area (Å²) in [7, 11) is 2.28. The SMILES string of the molecule is CN(CCCNC1CCN(C(N)=O)CC1)C1CCCCC1. The molecular weight excluding hydrogens is 264 g/mol. The monoisotopic (exact) mass is 296 g/mol. The van der Waals surface area contributed by atoms with Crippen LogP contribution in [0.5, 0.6) is 0 Å². The summed E-state index contributed by atoms with van der Waals surface area (Å²) in [5.74, 6) is 0. The number of nitrogens with zero attached hydrogens (tertiary/aromatic N) is 2. The molecule has 0 bridgehead atoms. The van der Waals surface area contributed by atoms with Crippen LogP contribution in [-0.4, -0.2) is 61.1 Å². The summed E-state index contributed by atoms with van der Waals surface area (Å²) in [5, 5.41) is 3.63. The second kappa shape index (κ2) is 8.59. The Hall–Kier alpha value is -0.810. The quantitative estimate of drug-likeness (QED) is 0.734. The molecule has 0 unspecified atom stereocenters. The minimum Gasteiger partial charge on any atom is -0.351 e. The maximum atomic E-state index is 11.1. The van der Waals surface area contributed by atoms with Gasteiger partial charge in [0.2, 0.25) is 0 Å². The summed E-state index contributed by atoms with van der Waals surface area (Å²) >= 11 is 0. The molecule has 1 saturated heterocycles. The molecule has 2 rings (SSSR count). The Bertz CT molecular complexity index is 309. The van der Waals surface area contributed by atoms with Crippen LogP contribution in [0.4, 0.5) is 4.79 Å². The van der Waals surface area contributed by atoms with Crippen LogP contribution in [0.25, 0.3) is 0 Å². The molecule has 2 fully saturated rings. The minimum atomic E-state index is -0.275. The van der Waals surface area contributed by atoms with Crippen molar-refractivity contribution in [2.45, 2.75) is 63.5 Å². The molecule has 5 heteroatoms. The van der Waals surface area contributed by atoms with Crippen LogP contribution in [0.1, 0.15) is 51.4 Å². The van der Waals surface area contributed by atoms with Crippen LogP contribution in [0, 0.1) is 0 Å². The first-order chi connectivity index (χ1) is 10.2. The number of amides is 2. The van der Waals surface area contributed by atoms with Gasteiger partial charge >= 0.3 is 6.03 Å². The molecule has 1 saturated carbocycles. The van der Waals surface area contributed by atoms with Crippen LogP contribution in [0.3, 0.4) is 0 Å². The van der Waals surface area contributed by atoms with Gasteiger partial charge in [0.1, 0.15) is 0 Å². The van der Waals surface area contributed by atoms with E-state index in [4.69, 9.17) is 5.73 Å². The lowest BCUT2D eigenvalue weighted by Gasteiger charge is -2.32. The first kappa shape index (κ1) is 16.6. The Labute approximate surface area is 129 Å². The van der Waals surface area contributed by atoms with Gasteiger partial charge in [-0.1, -0.05) is 19.3 Å². The lowest BCUT2D eigenvalue weighted by atomic mass is 9.94. The zero-order valence-electron chi connectivity index (χ0n) is 13.5. The van der Waals surface area contributed by atoms with Crippen LogP contribution in [-0.2, 0) is 0 Å². The maximum absolute atomic E-state index is 11.1. The van der Waals surface area contributed by atoms with Gasteiger partial charge in [-0.25, -0.2) is 4.79 Å². The summed E-state index contributed by atoms with van der Waals surface area (Å²) in [5.41, 5.74) is 5.30. The summed E-state index contributed by atoms with van der Waals surface area (Å²) < 4.78 is 0. The predicted octanol–water partition coefficient (Wildman–Crippen LogP) is 1.77. The molecule has 21 heavy (non-hydrogen) atoms. The zero-order valence-corrected chi connectivity index (χ0v) is 13.5. The number of piperidine rings is 1. The van der Waals surface area contributed by atoms with E-state index in [2.05, 4.69) is 17.3 Å². The highest BCUT2D eigenvalue weighted by Crippen LogP contribution is 2.21. The van der Waals surface area contributed by atoms with E-state index in [0.717, 1.165) is 38.5 Å². The highest BCUT2D eigenvalue weighted by Gasteiger charge is 2.21. The number of carbonyl (C=O) groups excluding carboxylic acids is 1. The number of nitrogens with one attached hydrogen (secondary N) is 1. The smallest absolute Gasteiger partial charge is 0.314 e. The maximum Gasteiger partial charge on any atom is 0.314 e. The average molecular weight is 296 g/mol. The Balaban J connectivity index is 1.52. The molecule has 3 N–H and O–H groups in total. The van der Waals surface area contributed by atoms with Crippen molar-refractivity contribution in [1.29, 1.82) is 0 Å². The van der Waals surface area contributed by atoms with E-state index in [-0.39, 0.29) is 6.03 Å². The number of carbonyl (C=O) groups is 1. The van der Waals surface area contributed by atoms with Crippen molar-refractivity contribution in [2.75, 3.05) is 33.2 Å². The fourth-order valence-electron chi connectivity index (χ4n) is 3.64. The lowest BCUT2D eigenvalue weighted by molar-refractivity contribution is 0.179. The van der Waals surface area contributed by atoms with Crippen molar-refractivity contribution in [3.8, 4) is 0 Å². The van der Waals surface area contributed by atoms with Crippen molar-refractivity contribution < 1.29 is 4.79 Å². The summed E-state index contributed by atoms with van der Waals surface area (Å²) in [4.78, 5) is 15.4. The predicted molar refractivity (Wildman–Crippen MR) is 86.3 cm³/mol. The molecule has 0 aromatic carbocycles. The fraction of sp³-hybridized carbons (Fsp3) is 0.938. The molecule has 0 aromatic rings. The van der Waals surface area contributed by atoms with Crippen LogP contribution in [0.2, 0.25) is 0 Å². The van der Waals surface area contributed by atoms with Gasteiger partial charge < -0.3 is 20.9 Å². The third kappa shape index (κ3) is 5.47. The molecule has 2 amide bonds. The summed E-state index contributed by atoms with van der Waals surface area (Å²) in [6.07, 6.45) is 10.3. The van der Waals surface area contributed by atoms with E-state index in [1.54, 1.807) is 4.90 Å². The molecule has 1 aliphatic heterocycles. The van der Waals surface area contributed by atoms with E-state index in [0.29, 0.717) is 6.04 Å². The number of likely N-dealkylation sites (tertiary alicyclic amines) is 1. The molecule has 1 heterocycles. The number of rotatable bonds is 6. The first-order valence-electron chi connectivity index (χ1n) is 8.65. The summed E-state index contributed by atoms with van der Waals surface area (Å²) in [6.45, 7) is 3.88. The highest BCUT2D eigenvalue weighted by molar-refractivity contribution is 5.72. The van der Waals surface area contributed by atoms with E-state index in [1.165, 1.54) is 45.1 Å². The number of hydrogen-bond acceptors (Lipinski definition) is 3. The molecule has 2 aliphatic rings. The number of hydrogen-bond donors (Lipinski definition) is 2. The molecule has 0 atom stereocenters. The molecule has 0 spiro atoms. The van der Waals surface area contributed by atoms with Gasteiger partial charge in [0, 0.05) is 25.2 Å². The van der Waals surface area contributed by atoms with E-state index < -0.39 is 0 Å². The van der Waals surface area contributed by atoms with E-state index >= 15 is 0 Å². The largest absolute Gasteiger partial charge is 0.351 e. The molecule has 5 nitrogen and oxygen atoms in total. The van der Waals surface area contributed by atoms with Gasteiger partial charge in [0.25, 0.3) is 0 Å². The zero-order chi connectivity index (χ0) is 15.1. The number of nitrogens with two attached hydrogens (primary N) is 1. The third-order valence-corrected chi connectivity index (χ3v) is 5.13. The van der Waals surface area contributed by atoms with Crippen molar-refractivity contribution >= 4 is 6.03 Å². The third-order valence-electron chi connectivity index (χ3n) is 5.13. The van der Waals surface area contributed by atoms with Crippen molar-refractivity contribution in [3.63, 3.8) is 0 Å². The Morgan fingerprint density at radius 3 is 2.48 bits per heavy atom. The molecule has 0 aromatic heterocycles. The van der Waals surface area contributed by atoms with Crippen molar-refractivity contribution in [2.24, 2.45) is 5.73 Å². The van der Waals surface area contributed by atoms with Gasteiger partial charge in [-0.3, -0.25) is 0 Å². The van der Waals surface area contributed by atoms with Gasteiger partial charge in [-0.15, -0.1) is 0 Å². The lowest BCUT2D eigenvalue weighted by Crippen LogP contribution is -2.47. The topological polar surface area (TPSA) is 61.6 Å². The number of primary amides is 1. The Morgan fingerprint density at radius 2 is 1.86 bits per heavy atom. The molecule has 0 radical (unpaired) electrons. The second-order valence-electron chi connectivity index (χ2n) is 6.68. The average Bonchev–Trinajstić information content (AvgIpc) is 2.52. The fourth-order valence-corrected chi connectivity index (χ4v) is 3.64. The normalized spacial score (nSPS) is 21.9. The minimum absolute atomic E-state index is 0.275. The first-order valence-corrected chi connectivity index (χ1v) is 8.65. The molecular formula is C16H32N4O. The van der Waals surface area contributed by atoms with E-state index in [9.17, 15) is 4.79 Å². The Kier molecular flexibility index (Phi) is 6.77. The van der Waals surface area contributed by atoms with Crippen LogP contribution < -0.4 is 11.1 Å². The van der Waals surface area contributed by atoms with Gasteiger partial charge in [-0.05, 0) is 52.2 Å².